The van der Waals surface area contributed by atoms with Gasteiger partial charge in [0.05, 0.1) is 17.3 Å². The Bertz CT molecular complexity index is 829. The summed E-state index contributed by atoms with van der Waals surface area (Å²) in [6.07, 6.45) is 2.59. The van der Waals surface area contributed by atoms with Crippen molar-refractivity contribution in [1.82, 2.24) is 14.6 Å². The molecule has 0 amide bonds. The van der Waals surface area contributed by atoms with Gasteiger partial charge in [-0.05, 0) is 24.6 Å². The Morgan fingerprint density at radius 3 is 2.95 bits per heavy atom. The van der Waals surface area contributed by atoms with Crippen LogP contribution >= 0.6 is 11.6 Å². The van der Waals surface area contributed by atoms with Crippen LogP contribution in [0.4, 0.5) is 0 Å². The van der Waals surface area contributed by atoms with E-state index in [1.807, 2.05) is 18.2 Å². The second kappa shape index (κ2) is 4.95. The quantitative estimate of drug-likeness (QED) is 0.676. The van der Waals surface area contributed by atoms with Gasteiger partial charge in [-0.2, -0.15) is 10.4 Å². The Hall–Kier alpha value is -2.38. The average molecular weight is 283 g/mol. The van der Waals surface area contributed by atoms with Crippen LogP contribution in [0.3, 0.4) is 0 Å². The lowest BCUT2D eigenvalue weighted by molar-refractivity contribution is 0.943. The summed E-state index contributed by atoms with van der Waals surface area (Å²) in [7, 11) is 0. The molecule has 0 saturated heterocycles. The van der Waals surface area contributed by atoms with Gasteiger partial charge in [0.15, 0.2) is 5.65 Å². The van der Waals surface area contributed by atoms with Crippen molar-refractivity contribution in [2.45, 2.75) is 13.3 Å². The molecule has 0 radical (unpaired) electrons. The number of aryl methyl sites for hydroxylation is 1. The highest BCUT2D eigenvalue weighted by Gasteiger charge is 2.14. The standard InChI is InChI=1S/C15H11ClN4/c1-2-12-14(11-5-3-4-10(8-11)9-17)19-20-7-6-13(16)18-15(12)20/h3-8H,2H2,1H3. The topological polar surface area (TPSA) is 54.0 Å². The predicted molar refractivity (Wildman–Crippen MR) is 77.5 cm³/mol. The second-order valence-corrected chi connectivity index (χ2v) is 4.78. The van der Waals surface area contributed by atoms with Crippen LogP contribution < -0.4 is 0 Å². The van der Waals surface area contributed by atoms with Crippen LogP contribution in [0.15, 0.2) is 36.5 Å². The number of fused-ring (bicyclic) bond motifs is 1. The van der Waals surface area contributed by atoms with Gasteiger partial charge in [-0.25, -0.2) is 9.50 Å². The lowest BCUT2D eigenvalue weighted by Crippen LogP contribution is -1.89. The van der Waals surface area contributed by atoms with E-state index in [-0.39, 0.29) is 0 Å². The second-order valence-electron chi connectivity index (χ2n) is 4.39. The van der Waals surface area contributed by atoms with E-state index >= 15 is 0 Å². The summed E-state index contributed by atoms with van der Waals surface area (Å²) >= 11 is 5.96. The molecule has 0 N–H and O–H groups in total. The molecule has 0 bridgehead atoms. The van der Waals surface area contributed by atoms with Crippen LogP contribution in [0.2, 0.25) is 5.15 Å². The largest absolute Gasteiger partial charge is 0.222 e. The molecule has 0 aliphatic heterocycles. The minimum absolute atomic E-state index is 0.449. The molecule has 0 spiro atoms. The number of benzene rings is 1. The Labute approximate surface area is 121 Å². The Kier molecular flexibility index (Phi) is 3.13. The fourth-order valence-corrected chi connectivity index (χ4v) is 2.38. The van der Waals surface area contributed by atoms with Gasteiger partial charge in [-0.3, -0.25) is 0 Å². The summed E-state index contributed by atoms with van der Waals surface area (Å²) in [6.45, 7) is 2.05. The van der Waals surface area contributed by atoms with Crippen molar-refractivity contribution < 1.29 is 0 Å². The van der Waals surface area contributed by atoms with Crippen LogP contribution in [0.1, 0.15) is 18.1 Å². The summed E-state index contributed by atoms with van der Waals surface area (Å²) in [5, 5.41) is 14.0. The molecule has 3 rings (SSSR count). The first kappa shape index (κ1) is 12.6. The Balaban J connectivity index is 2.28. The Morgan fingerprint density at radius 1 is 1.35 bits per heavy atom. The highest BCUT2D eigenvalue weighted by molar-refractivity contribution is 6.29. The first-order chi connectivity index (χ1) is 9.72. The van der Waals surface area contributed by atoms with E-state index in [0.717, 1.165) is 28.9 Å². The highest BCUT2D eigenvalue weighted by Crippen LogP contribution is 2.27. The molecule has 0 atom stereocenters. The number of aromatic nitrogens is 3. The van der Waals surface area contributed by atoms with Gasteiger partial charge >= 0.3 is 0 Å². The molecule has 5 heteroatoms. The fourth-order valence-electron chi connectivity index (χ4n) is 2.25. The molecule has 0 unspecified atom stereocenters. The van der Waals surface area contributed by atoms with Gasteiger partial charge in [0.25, 0.3) is 0 Å². The van der Waals surface area contributed by atoms with Crippen LogP contribution in [0.5, 0.6) is 0 Å². The maximum absolute atomic E-state index is 9.01. The van der Waals surface area contributed by atoms with Crippen molar-refractivity contribution >= 4 is 17.2 Å². The lowest BCUT2D eigenvalue weighted by Gasteiger charge is -2.00. The van der Waals surface area contributed by atoms with E-state index in [1.54, 1.807) is 22.8 Å². The van der Waals surface area contributed by atoms with Gasteiger partial charge in [0.2, 0.25) is 0 Å². The van der Waals surface area contributed by atoms with E-state index < -0.39 is 0 Å². The van der Waals surface area contributed by atoms with Crippen molar-refractivity contribution in [3.05, 3.63) is 52.8 Å². The zero-order chi connectivity index (χ0) is 14.1. The minimum Gasteiger partial charge on any atom is -0.222 e. The van der Waals surface area contributed by atoms with E-state index in [4.69, 9.17) is 16.9 Å². The molecule has 3 aromatic rings. The molecular formula is C15H11ClN4. The third kappa shape index (κ3) is 2.02. The van der Waals surface area contributed by atoms with Crippen molar-refractivity contribution in [2.24, 2.45) is 0 Å². The summed E-state index contributed by atoms with van der Waals surface area (Å²) in [4.78, 5) is 4.34. The molecule has 0 aliphatic carbocycles. The summed E-state index contributed by atoms with van der Waals surface area (Å²) in [5.41, 5.74) is 4.18. The van der Waals surface area contributed by atoms with Crippen LogP contribution in [0, 0.1) is 11.3 Å². The van der Waals surface area contributed by atoms with Gasteiger partial charge in [-0.15, -0.1) is 0 Å². The first-order valence-electron chi connectivity index (χ1n) is 6.27. The molecule has 4 nitrogen and oxygen atoms in total. The molecule has 98 valence electrons. The lowest BCUT2D eigenvalue weighted by atomic mass is 10.0. The van der Waals surface area contributed by atoms with Gasteiger partial charge in [0.1, 0.15) is 5.15 Å². The van der Waals surface area contributed by atoms with Gasteiger partial charge in [-0.1, -0.05) is 30.7 Å². The molecule has 1 aromatic carbocycles. The fraction of sp³-hybridized carbons (Fsp3) is 0.133. The number of hydrogen-bond acceptors (Lipinski definition) is 3. The molecule has 2 aromatic heterocycles. The van der Waals surface area contributed by atoms with Gasteiger partial charge < -0.3 is 0 Å². The van der Waals surface area contributed by atoms with Crippen molar-refractivity contribution in [3.8, 4) is 17.3 Å². The number of nitrogens with zero attached hydrogens (tertiary/aromatic N) is 4. The van der Waals surface area contributed by atoms with Crippen LogP contribution in [0.25, 0.3) is 16.9 Å². The number of hydrogen-bond donors (Lipinski definition) is 0. The molecule has 20 heavy (non-hydrogen) atoms. The number of nitriles is 1. The monoisotopic (exact) mass is 282 g/mol. The van der Waals surface area contributed by atoms with Crippen molar-refractivity contribution in [1.29, 1.82) is 5.26 Å². The minimum atomic E-state index is 0.449. The first-order valence-corrected chi connectivity index (χ1v) is 6.65. The highest BCUT2D eigenvalue weighted by atomic mass is 35.5. The van der Waals surface area contributed by atoms with E-state index in [9.17, 15) is 0 Å². The zero-order valence-electron chi connectivity index (χ0n) is 10.8. The molecule has 2 heterocycles. The summed E-state index contributed by atoms with van der Waals surface area (Å²) in [6, 6.07) is 11.3. The predicted octanol–water partition coefficient (Wildman–Crippen LogP) is 3.48. The SMILES string of the molecule is CCc1c(-c2cccc(C#N)c2)nn2ccc(Cl)nc12. The van der Waals surface area contributed by atoms with E-state index in [0.29, 0.717) is 10.7 Å². The van der Waals surface area contributed by atoms with Gasteiger partial charge in [0, 0.05) is 17.3 Å². The molecule has 0 aliphatic rings. The number of halogens is 1. The molecule has 0 fully saturated rings. The van der Waals surface area contributed by atoms with E-state index in [2.05, 4.69) is 23.1 Å². The maximum atomic E-state index is 9.01. The zero-order valence-corrected chi connectivity index (χ0v) is 11.6. The third-order valence-electron chi connectivity index (χ3n) is 3.17. The van der Waals surface area contributed by atoms with Crippen molar-refractivity contribution in [2.75, 3.05) is 0 Å². The summed E-state index contributed by atoms with van der Waals surface area (Å²) in [5.74, 6) is 0. The van der Waals surface area contributed by atoms with E-state index in [1.165, 1.54) is 0 Å². The van der Waals surface area contributed by atoms with Crippen molar-refractivity contribution in [3.63, 3.8) is 0 Å². The van der Waals surface area contributed by atoms with Crippen LogP contribution in [-0.4, -0.2) is 14.6 Å². The summed E-state index contributed by atoms with van der Waals surface area (Å²) < 4.78 is 1.72. The smallest absolute Gasteiger partial charge is 0.160 e. The third-order valence-corrected chi connectivity index (χ3v) is 3.38. The Morgan fingerprint density at radius 2 is 2.20 bits per heavy atom. The maximum Gasteiger partial charge on any atom is 0.160 e. The van der Waals surface area contributed by atoms with Crippen LogP contribution in [-0.2, 0) is 6.42 Å². The molecule has 0 saturated carbocycles. The molecular weight excluding hydrogens is 272 g/mol. The normalized spacial score (nSPS) is 10.7. The number of rotatable bonds is 2. The average Bonchev–Trinajstić information content (AvgIpc) is 2.85.